The molecule has 156 valence electrons. The maximum Gasteiger partial charge on any atom is 0.237 e. The van der Waals surface area contributed by atoms with Gasteiger partial charge in [0.2, 0.25) is 11.1 Å². The first-order chi connectivity index (χ1) is 14.8. The molecule has 0 saturated heterocycles. The Labute approximate surface area is 178 Å². The molecule has 2 aromatic heterocycles. The number of hydrogen-bond acceptors (Lipinski definition) is 7. The summed E-state index contributed by atoms with van der Waals surface area (Å²) in [5, 5.41) is 12.5. The quantitative estimate of drug-likeness (QED) is 0.507. The van der Waals surface area contributed by atoms with Gasteiger partial charge in [-0.2, -0.15) is 4.68 Å². The number of hydrogen-bond donors (Lipinski definition) is 0. The summed E-state index contributed by atoms with van der Waals surface area (Å²) in [5.41, 5.74) is 1.79. The van der Waals surface area contributed by atoms with E-state index in [-0.39, 0.29) is 11.7 Å². The first-order valence-electron chi connectivity index (χ1n) is 9.82. The van der Waals surface area contributed by atoms with Gasteiger partial charge < -0.3 is 14.1 Å². The molecule has 0 fully saturated rings. The molecule has 0 N–H and O–H groups in total. The maximum absolute atomic E-state index is 13.2. The van der Waals surface area contributed by atoms with Crippen molar-refractivity contribution in [3.63, 3.8) is 0 Å². The summed E-state index contributed by atoms with van der Waals surface area (Å²) < 4.78 is 12.5. The Bertz CT molecular complexity index is 1020. The van der Waals surface area contributed by atoms with Crippen LogP contribution in [0.3, 0.4) is 0 Å². The van der Waals surface area contributed by atoms with E-state index in [4.69, 9.17) is 9.15 Å². The molecule has 0 unspecified atom stereocenters. The number of thioether (sulfide) groups is 1. The Kier molecular flexibility index (Phi) is 6.48. The minimum absolute atomic E-state index is 0.000809. The zero-order valence-electron chi connectivity index (χ0n) is 16.7. The van der Waals surface area contributed by atoms with Gasteiger partial charge in [0.25, 0.3) is 0 Å². The predicted octanol–water partition coefficient (Wildman–Crippen LogP) is 3.84. The van der Waals surface area contributed by atoms with E-state index in [0.29, 0.717) is 17.5 Å². The van der Waals surface area contributed by atoms with Gasteiger partial charge in [-0.05, 0) is 60.4 Å². The van der Waals surface area contributed by atoms with Gasteiger partial charge in [-0.3, -0.25) is 4.79 Å². The molecular weight excluding hydrogens is 402 g/mol. The summed E-state index contributed by atoms with van der Waals surface area (Å²) in [6.07, 6.45) is 7.94. The number of rotatable bonds is 8. The molecular formula is C21H23N5O3S. The molecule has 3 aromatic rings. The average molecular weight is 426 g/mol. The highest BCUT2D eigenvalue weighted by atomic mass is 32.2. The highest BCUT2D eigenvalue weighted by Gasteiger charge is 2.22. The molecule has 0 radical (unpaired) electrons. The van der Waals surface area contributed by atoms with Crippen LogP contribution in [0.5, 0.6) is 5.75 Å². The first-order valence-corrected chi connectivity index (χ1v) is 10.8. The first kappa shape index (κ1) is 20.2. The van der Waals surface area contributed by atoms with E-state index in [2.05, 4.69) is 21.6 Å². The highest BCUT2D eigenvalue weighted by molar-refractivity contribution is 7.99. The van der Waals surface area contributed by atoms with Crippen LogP contribution >= 0.6 is 11.8 Å². The van der Waals surface area contributed by atoms with Gasteiger partial charge >= 0.3 is 0 Å². The number of carbonyl (C=O) groups excluding carboxylic acids is 1. The molecule has 9 heteroatoms. The zero-order valence-corrected chi connectivity index (χ0v) is 17.5. The van der Waals surface area contributed by atoms with Crippen LogP contribution in [0, 0.1) is 0 Å². The minimum atomic E-state index is -0.000809. The van der Waals surface area contributed by atoms with Crippen molar-refractivity contribution < 1.29 is 13.9 Å². The van der Waals surface area contributed by atoms with Crippen LogP contribution in [0.2, 0.25) is 0 Å². The molecule has 2 heterocycles. The molecule has 8 nitrogen and oxygen atoms in total. The van der Waals surface area contributed by atoms with Crippen LogP contribution in [0.25, 0.3) is 5.69 Å². The van der Waals surface area contributed by atoms with E-state index in [1.54, 1.807) is 18.1 Å². The van der Waals surface area contributed by atoms with E-state index in [1.165, 1.54) is 11.8 Å². The second kappa shape index (κ2) is 9.62. The Morgan fingerprint density at radius 1 is 1.27 bits per heavy atom. The number of allylic oxidation sites excluding steroid dienone is 2. The fourth-order valence-corrected chi connectivity index (χ4v) is 4.16. The summed E-state index contributed by atoms with van der Waals surface area (Å²) in [6, 6.07) is 11.2. The molecule has 1 amide bonds. The second-order valence-electron chi connectivity index (χ2n) is 6.83. The SMILES string of the molecule is COc1ccccc1-n1nnnc1SCC(=O)N(Cc1ccco1)C1=CCCCC1. The minimum Gasteiger partial charge on any atom is -0.494 e. The smallest absolute Gasteiger partial charge is 0.237 e. The van der Waals surface area contributed by atoms with Crippen LogP contribution < -0.4 is 4.74 Å². The van der Waals surface area contributed by atoms with Crippen LogP contribution in [-0.4, -0.2) is 43.9 Å². The fourth-order valence-electron chi connectivity index (χ4n) is 3.40. The van der Waals surface area contributed by atoms with Gasteiger partial charge in [0.05, 0.1) is 25.7 Å². The van der Waals surface area contributed by atoms with Crippen molar-refractivity contribution in [1.29, 1.82) is 0 Å². The predicted molar refractivity (Wildman–Crippen MR) is 112 cm³/mol. The van der Waals surface area contributed by atoms with E-state index in [9.17, 15) is 4.79 Å². The summed E-state index contributed by atoms with van der Waals surface area (Å²) in [6.45, 7) is 0.426. The van der Waals surface area contributed by atoms with Gasteiger partial charge in [-0.15, -0.1) is 5.10 Å². The topological polar surface area (TPSA) is 86.3 Å². The number of carbonyl (C=O) groups is 1. The molecule has 0 atom stereocenters. The van der Waals surface area contributed by atoms with Crippen molar-refractivity contribution in [1.82, 2.24) is 25.1 Å². The van der Waals surface area contributed by atoms with Crippen LogP contribution in [0.15, 0.2) is 64.0 Å². The third-order valence-corrected chi connectivity index (χ3v) is 5.79. The second-order valence-corrected chi connectivity index (χ2v) is 7.78. The molecule has 1 aliphatic carbocycles. The summed E-state index contributed by atoms with van der Waals surface area (Å²) in [7, 11) is 1.60. The molecule has 0 aliphatic heterocycles. The van der Waals surface area contributed by atoms with Crippen molar-refractivity contribution in [2.75, 3.05) is 12.9 Å². The number of aromatic nitrogens is 4. The Morgan fingerprint density at radius 3 is 2.93 bits per heavy atom. The van der Waals surface area contributed by atoms with Crippen LogP contribution in [-0.2, 0) is 11.3 Å². The van der Waals surface area contributed by atoms with Gasteiger partial charge in [0.1, 0.15) is 17.2 Å². The molecule has 1 aromatic carbocycles. The summed E-state index contributed by atoms with van der Waals surface area (Å²) in [5.74, 6) is 1.63. The number of amides is 1. The van der Waals surface area contributed by atoms with Gasteiger partial charge in [-0.1, -0.05) is 30.0 Å². The molecule has 0 saturated carbocycles. The van der Waals surface area contributed by atoms with Crippen LogP contribution in [0.4, 0.5) is 0 Å². The van der Waals surface area contributed by atoms with Crippen molar-refractivity contribution in [3.8, 4) is 11.4 Å². The Hall–Kier alpha value is -3.07. The third-order valence-electron chi connectivity index (χ3n) is 4.89. The van der Waals surface area contributed by atoms with E-state index in [1.807, 2.05) is 41.3 Å². The number of benzene rings is 1. The third kappa shape index (κ3) is 4.56. The number of furan rings is 1. The number of methoxy groups -OCH3 is 1. The number of ether oxygens (including phenoxy) is 1. The number of nitrogens with zero attached hydrogens (tertiary/aromatic N) is 5. The molecule has 1 aliphatic rings. The largest absolute Gasteiger partial charge is 0.494 e. The van der Waals surface area contributed by atoms with Crippen molar-refractivity contribution >= 4 is 17.7 Å². The lowest BCUT2D eigenvalue weighted by Gasteiger charge is -2.27. The van der Waals surface area contributed by atoms with Gasteiger partial charge in [0, 0.05) is 5.70 Å². The van der Waals surface area contributed by atoms with Crippen LogP contribution in [0.1, 0.15) is 31.4 Å². The zero-order chi connectivity index (χ0) is 20.8. The Morgan fingerprint density at radius 2 is 2.17 bits per heavy atom. The normalized spacial score (nSPS) is 13.7. The monoisotopic (exact) mass is 425 g/mol. The summed E-state index contributed by atoms with van der Waals surface area (Å²) in [4.78, 5) is 15.0. The fraction of sp³-hybridized carbons (Fsp3) is 0.333. The molecule has 4 rings (SSSR count). The van der Waals surface area contributed by atoms with E-state index in [0.717, 1.165) is 42.8 Å². The van der Waals surface area contributed by atoms with E-state index >= 15 is 0 Å². The lowest BCUT2D eigenvalue weighted by atomic mass is 10.0. The van der Waals surface area contributed by atoms with Crippen molar-refractivity contribution in [3.05, 3.63) is 60.2 Å². The number of tetrazole rings is 1. The highest BCUT2D eigenvalue weighted by Crippen LogP contribution is 2.27. The van der Waals surface area contributed by atoms with Gasteiger partial charge in [-0.25, -0.2) is 0 Å². The van der Waals surface area contributed by atoms with Gasteiger partial charge in [0.15, 0.2) is 0 Å². The average Bonchev–Trinajstić information content (AvgIpc) is 3.48. The molecule has 30 heavy (non-hydrogen) atoms. The summed E-state index contributed by atoms with van der Waals surface area (Å²) >= 11 is 1.30. The number of para-hydroxylation sites is 2. The standard InChI is InChI=1S/C21H23N5O3S/c1-28-19-12-6-5-11-18(19)26-21(22-23-24-26)30-15-20(27)25(14-17-10-7-13-29-17)16-8-3-2-4-9-16/h5-8,10-13H,2-4,9,14-15H2,1H3. The lowest BCUT2D eigenvalue weighted by Crippen LogP contribution is -2.32. The lowest BCUT2D eigenvalue weighted by molar-refractivity contribution is -0.127. The van der Waals surface area contributed by atoms with Crippen molar-refractivity contribution in [2.24, 2.45) is 0 Å². The molecule has 0 bridgehead atoms. The maximum atomic E-state index is 13.2. The Balaban J connectivity index is 1.50. The molecule has 0 spiro atoms. The van der Waals surface area contributed by atoms with E-state index < -0.39 is 0 Å². The van der Waals surface area contributed by atoms with Crippen molar-refractivity contribution in [2.45, 2.75) is 37.4 Å².